The van der Waals surface area contributed by atoms with E-state index in [2.05, 4.69) is 0 Å². The Labute approximate surface area is 86.4 Å². The van der Waals surface area contributed by atoms with Gasteiger partial charge in [-0.25, -0.2) is 8.42 Å². The number of sulfone groups is 1. The Morgan fingerprint density at radius 3 is 2.36 bits per heavy atom. The van der Waals surface area contributed by atoms with Crippen LogP contribution in [0.5, 0.6) is 0 Å². The van der Waals surface area contributed by atoms with E-state index in [4.69, 9.17) is 0 Å². The van der Waals surface area contributed by atoms with E-state index < -0.39 is 15.9 Å². The highest BCUT2D eigenvalue weighted by molar-refractivity contribution is 7.91. The van der Waals surface area contributed by atoms with Gasteiger partial charge in [-0.05, 0) is 24.2 Å². The van der Waals surface area contributed by atoms with Gasteiger partial charge in [0.1, 0.15) is 0 Å². The second-order valence-corrected chi connectivity index (χ2v) is 7.62. The van der Waals surface area contributed by atoms with E-state index in [0.29, 0.717) is 12.2 Å². The lowest BCUT2D eigenvalue weighted by Gasteiger charge is -2.27. The SMILES string of the molecule is CC(C)(C)C(O)CC1CCS(=O)(=O)C1. The van der Waals surface area contributed by atoms with Gasteiger partial charge in [-0.3, -0.25) is 0 Å². The van der Waals surface area contributed by atoms with Crippen LogP contribution in [-0.2, 0) is 9.84 Å². The molecule has 1 N–H and O–H groups in total. The lowest BCUT2D eigenvalue weighted by atomic mass is 9.83. The summed E-state index contributed by atoms with van der Waals surface area (Å²) in [4.78, 5) is 0. The van der Waals surface area contributed by atoms with Gasteiger partial charge in [-0.2, -0.15) is 0 Å². The maximum absolute atomic E-state index is 11.2. The Balaban J connectivity index is 2.48. The summed E-state index contributed by atoms with van der Waals surface area (Å²) in [5.41, 5.74) is -0.146. The van der Waals surface area contributed by atoms with Crippen molar-refractivity contribution in [3.8, 4) is 0 Å². The van der Waals surface area contributed by atoms with E-state index in [1.807, 2.05) is 20.8 Å². The average molecular weight is 220 g/mol. The molecular formula is C10H20O3S. The minimum Gasteiger partial charge on any atom is -0.393 e. The van der Waals surface area contributed by atoms with Gasteiger partial charge in [-0.15, -0.1) is 0 Å². The molecule has 84 valence electrons. The quantitative estimate of drug-likeness (QED) is 0.761. The van der Waals surface area contributed by atoms with E-state index in [1.54, 1.807) is 0 Å². The number of aliphatic hydroxyl groups is 1. The van der Waals surface area contributed by atoms with E-state index in [-0.39, 0.29) is 17.1 Å². The van der Waals surface area contributed by atoms with Gasteiger partial charge >= 0.3 is 0 Å². The summed E-state index contributed by atoms with van der Waals surface area (Å²) in [6.07, 6.45) is 0.930. The lowest BCUT2D eigenvalue weighted by molar-refractivity contribution is 0.0439. The fourth-order valence-corrected chi connectivity index (χ4v) is 3.61. The number of hydrogen-bond acceptors (Lipinski definition) is 3. The van der Waals surface area contributed by atoms with Crippen LogP contribution in [0.15, 0.2) is 0 Å². The van der Waals surface area contributed by atoms with E-state index in [0.717, 1.165) is 6.42 Å². The fraction of sp³-hybridized carbons (Fsp3) is 1.00. The normalized spacial score (nSPS) is 29.0. The molecule has 0 amide bonds. The van der Waals surface area contributed by atoms with Crippen molar-refractivity contribution in [1.82, 2.24) is 0 Å². The number of rotatable bonds is 2. The molecule has 0 spiro atoms. The molecule has 1 saturated heterocycles. The molecule has 2 unspecified atom stereocenters. The Hall–Kier alpha value is -0.0900. The molecule has 0 radical (unpaired) electrons. The maximum atomic E-state index is 11.2. The summed E-state index contributed by atoms with van der Waals surface area (Å²) >= 11 is 0. The predicted molar refractivity (Wildman–Crippen MR) is 56.8 cm³/mol. The van der Waals surface area contributed by atoms with Crippen molar-refractivity contribution in [3.05, 3.63) is 0 Å². The van der Waals surface area contributed by atoms with Crippen molar-refractivity contribution in [3.63, 3.8) is 0 Å². The van der Waals surface area contributed by atoms with Crippen LogP contribution in [0.2, 0.25) is 0 Å². The van der Waals surface area contributed by atoms with E-state index in [1.165, 1.54) is 0 Å². The molecule has 2 atom stereocenters. The summed E-state index contributed by atoms with van der Waals surface area (Å²) in [5, 5.41) is 9.82. The molecule has 1 aliphatic heterocycles. The van der Waals surface area contributed by atoms with Gasteiger partial charge in [0.25, 0.3) is 0 Å². The molecule has 0 aliphatic carbocycles. The molecule has 1 fully saturated rings. The first-order valence-electron chi connectivity index (χ1n) is 5.09. The van der Waals surface area contributed by atoms with Crippen LogP contribution in [0, 0.1) is 11.3 Å². The third-order valence-corrected chi connectivity index (χ3v) is 4.72. The van der Waals surface area contributed by atoms with Crippen LogP contribution in [-0.4, -0.2) is 31.1 Å². The molecule has 14 heavy (non-hydrogen) atoms. The third-order valence-electron chi connectivity index (χ3n) is 2.88. The monoisotopic (exact) mass is 220 g/mol. The summed E-state index contributed by atoms with van der Waals surface area (Å²) < 4.78 is 22.4. The van der Waals surface area contributed by atoms with Crippen LogP contribution in [0.3, 0.4) is 0 Å². The first-order chi connectivity index (χ1) is 6.21. The minimum atomic E-state index is -2.80. The molecule has 1 rings (SSSR count). The molecule has 0 aromatic rings. The highest BCUT2D eigenvalue weighted by Gasteiger charge is 2.32. The third kappa shape index (κ3) is 3.24. The van der Waals surface area contributed by atoms with Crippen LogP contribution < -0.4 is 0 Å². The molecule has 1 aliphatic rings. The maximum Gasteiger partial charge on any atom is 0.150 e. The Morgan fingerprint density at radius 1 is 1.43 bits per heavy atom. The molecule has 0 aromatic carbocycles. The molecule has 4 heteroatoms. The second kappa shape index (κ2) is 3.81. The van der Waals surface area contributed by atoms with Gasteiger partial charge < -0.3 is 5.11 Å². The van der Waals surface area contributed by atoms with Crippen molar-refractivity contribution >= 4 is 9.84 Å². The lowest BCUT2D eigenvalue weighted by Crippen LogP contribution is -2.28. The van der Waals surface area contributed by atoms with Crippen LogP contribution in [0.25, 0.3) is 0 Å². The van der Waals surface area contributed by atoms with Gasteiger partial charge in [0.05, 0.1) is 17.6 Å². The van der Waals surface area contributed by atoms with Gasteiger partial charge in [0, 0.05) is 0 Å². The molecule has 0 bridgehead atoms. The molecular weight excluding hydrogens is 200 g/mol. The Kier molecular flexibility index (Phi) is 3.26. The smallest absolute Gasteiger partial charge is 0.150 e. The minimum absolute atomic E-state index is 0.146. The van der Waals surface area contributed by atoms with Crippen LogP contribution in [0.4, 0.5) is 0 Å². The van der Waals surface area contributed by atoms with Gasteiger partial charge in [0.2, 0.25) is 0 Å². The fourth-order valence-electron chi connectivity index (χ4n) is 1.73. The first kappa shape index (κ1) is 12.0. The highest BCUT2D eigenvalue weighted by atomic mass is 32.2. The molecule has 3 nitrogen and oxygen atoms in total. The van der Waals surface area contributed by atoms with Crippen molar-refractivity contribution in [2.45, 2.75) is 39.7 Å². The van der Waals surface area contributed by atoms with Gasteiger partial charge in [-0.1, -0.05) is 20.8 Å². The highest BCUT2D eigenvalue weighted by Crippen LogP contribution is 2.29. The van der Waals surface area contributed by atoms with Crippen molar-refractivity contribution < 1.29 is 13.5 Å². The van der Waals surface area contributed by atoms with Crippen LogP contribution >= 0.6 is 0 Å². The van der Waals surface area contributed by atoms with Crippen molar-refractivity contribution in [2.24, 2.45) is 11.3 Å². The standard InChI is InChI=1S/C10H20O3S/c1-10(2,3)9(11)6-8-4-5-14(12,13)7-8/h8-9,11H,4-7H2,1-3H3. The van der Waals surface area contributed by atoms with E-state index in [9.17, 15) is 13.5 Å². The van der Waals surface area contributed by atoms with Crippen molar-refractivity contribution in [2.75, 3.05) is 11.5 Å². The topological polar surface area (TPSA) is 54.4 Å². The Bertz CT molecular complexity index is 287. The van der Waals surface area contributed by atoms with E-state index >= 15 is 0 Å². The summed E-state index contributed by atoms with van der Waals surface area (Å²) in [5.74, 6) is 0.725. The van der Waals surface area contributed by atoms with Gasteiger partial charge in [0.15, 0.2) is 9.84 Å². The summed E-state index contributed by atoms with van der Waals surface area (Å²) in [6, 6.07) is 0. The summed E-state index contributed by atoms with van der Waals surface area (Å²) in [6.45, 7) is 5.92. The zero-order chi connectivity index (χ0) is 11.0. The average Bonchev–Trinajstić information content (AvgIpc) is 2.28. The first-order valence-corrected chi connectivity index (χ1v) is 6.91. The number of aliphatic hydroxyl groups excluding tert-OH is 1. The summed E-state index contributed by atoms with van der Waals surface area (Å²) in [7, 11) is -2.80. The van der Waals surface area contributed by atoms with Crippen LogP contribution in [0.1, 0.15) is 33.6 Å². The number of hydrogen-bond donors (Lipinski definition) is 1. The molecule has 0 aromatic heterocycles. The zero-order valence-corrected chi connectivity index (χ0v) is 9.97. The zero-order valence-electron chi connectivity index (χ0n) is 9.16. The molecule has 1 heterocycles. The Morgan fingerprint density at radius 2 is 2.00 bits per heavy atom. The van der Waals surface area contributed by atoms with Crippen molar-refractivity contribution in [1.29, 1.82) is 0 Å². The molecule has 0 saturated carbocycles. The largest absolute Gasteiger partial charge is 0.393 e. The predicted octanol–water partition coefficient (Wildman–Crippen LogP) is 1.22. The second-order valence-electron chi connectivity index (χ2n) is 5.39.